The number of nitrogens with one attached hydrogen (secondary N) is 1. The average Bonchev–Trinajstić information content (AvgIpc) is 3.40. The number of hydrogen-bond donors (Lipinski definition) is 6. The molecule has 0 radical (unpaired) electrons. The number of phenolic OH excluding ortho intramolecular Hbond substituents is 1. The number of carbonyl (C=O) groups excluding carboxylic acids is 2. The summed E-state index contributed by atoms with van der Waals surface area (Å²) in [7, 11) is 0. The Hall–Kier alpha value is -3.01. The topological polar surface area (TPSA) is 199 Å². The van der Waals surface area contributed by atoms with Crippen molar-refractivity contribution < 1.29 is 54.1 Å². The summed E-state index contributed by atoms with van der Waals surface area (Å²) < 4.78 is 17.4. The number of hydrogen-bond acceptors (Lipinski definition) is 11. The first-order valence-electron chi connectivity index (χ1n) is 15.8. The van der Waals surface area contributed by atoms with E-state index in [1.807, 2.05) is 0 Å². The third-order valence-electron chi connectivity index (χ3n) is 9.15. The number of aliphatic hydroxyl groups excluding tert-OH is 3. The van der Waals surface area contributed by atoms with E-state index in [4.69, 9.17) is 14.2 Å². The molecular formula is C32H49N3O11. The molecule has 6 atom stereocenters. The number of likely N-dealkylation sites (tertiary alicyclic amines) is 1. The van der Waals surface area contributed by atoms with Crippen molar-refractivity contribution in [2.75, 3.05) is 45.9 Å². The summed E-state index contributed by atoms with van der Waals surface area (Å²) in [6.45, 7) is 10.7. The molecule has 3 aliphatic heterocycles. The number of aromatic hydroxyl groups is 1. The number of nitrogens with zero attached hydrogens (tertiary/aromatic N) is 2. The van der Waals surface area contributed by atoms with Gasteiger partial charge in [-0.15, -0.1) is 0 Å². The van der Waals surface area contributed by atoms with E-state index in [1.54, 1.807) is 39.5 Å². The van der Waals surface area contributed by atoms with Gasteiger partial charge in [-0.05, 0) is 64.3 Å². The third kappa shape index (κ3) is 8.09. The Morgan fingerprint density at radius 1 is 1.15 bits per heavy atom. The van der Waals surface area contributed by atoms with Crippen molar-refractivity contribution in [1.82, 2.24) is 15.1 Å². The zero-order valence-corrected chi connectivity index (χ0v) is 27.3. The van der Waals surface area contributed by atoms with E-state index in [9.17, 15) is 39.9 Å². The van der Waals surface area contributed by atoms with Gasteiger partial charge >= 0.3 is 12.1 Å². The van der Waals surface area contributed by atoms with Gasteiger partial charge in [0.05, 0.1) is 37.1 Å². The van der Waals surface area contributed by atoms with Crippen LogP contribution in [0.2, 0.25) is 0 Å². The normalized spacial score (nSPS) is 28.6. The molecule has 14 heteroatoms. The standard InChI is InChI=1S/C32H49N3O11/c1-19-12-21(13-20(2)25(19)38)27(40)33-16-23(37)26(39)24-14-22(36)15-32(45-24,28(41)42)7-9-35-10-11-44-18-31(35)6-8-34(17-31)29(43)46-30(3,4)5/h12-13,22-24,26,36-39H,6-11,14-18H2,1-5H3,(H,33,40)(H,41,42)/t22-,23-,24-,26-,31+,32-/m1/s1. The number of benzene rings is 1. The zero-order chi connectivity index (χ0) is 34.0. The van der Waals surface area contributed by atoms with Crippen LogP contribution in [-0.4, -0.2) is 140 Å². The SMILES string of the molecule is Cc1cc(C(=O)NC[C@@H](O)[C@@H](O)[C@H]2C[C@@H](O)C[C@](CCN3CCOC[C@@]34CCN(C(=O)OC(C)(C)C)C4)(C(=O)O)O2)cc(C)c1O. The molecule has 0 bridgehead atoms. The lowest BCUT2D eigenvalue weighted by Crippen LogP contribution is -2.61. The molecule has 0 saturated carbocycles. The Kier molecular flexibility index (Phi) is 10.9. The molecule has 3 fully saturated rings. The van der Waals surface area contributed by atoms with Gasteiger partial charge in [0, 0.05) is 57.5 Å². The van der Waals surface area contributed by atoms with Crippen LogP contribution in [0, 0.1) is 13.8 Å². The molecule has 3 aliphatic rings. The maximum atomic E-state index is 12.8. The zero-order valence-electron chi connectivity index (χ0n) is 27.3. The number of aliphatic carboxylic acids is 1. The van der Waals surface area contributed by atoms with Crippen LogP contribution >= 0.6 is 0 Å². The van der Waals surface area contributed by atoms with Crippen molar-refractivity contribution in [2.24, 2.45) is 0 Å². The number of aryl methyl sites for hydroxylation is 2. The molecule has 0 aliphatic carbocycles. The molecule has 4 rings (SSSR count). The van der Waals surface area contributed by atoms with Gasteiger partial charge < -0.3 is 50.0 Å². The number of amides is 2. The van der Waals surface area contributed by atoms with Crippen LogP contribution in [0.4, 0.5) is 4.79 Å². The van der Waals surface area contributed by atoms with Crippen LogP contribution in [0.15, 0.2) is 12.1 Å². The molecule has 2 amide bonds. The lowest BCUT2D eigenvalue weighted by Gasteiger charge is -2.47. The minimum Gasteiger partial charge on any atom is -0.507 e. The van der Waals surface area contributed by atoms with Crippen molar-refractivity contribution in [3.8, 4) is 5.75 Å². The minimum atomic E-state index is -1.85. The highest BCUT2D eigenvalue weighted by atomic mass is 16.6. The van der Waals surface area contributed by atoms with Gasteiger partial charge in [0.2, 0.25) is 0 Å². The van der Waals surface area contributed by atoms with Crippen LogP contribution in [0.5, 0.6) is 5.75 Å². The number of carboxylic acids is 1. The predicted octanol–water partition coefficient (Wildman–Crippen LogP) is 0.926. The molecule has 3 saturated heterocycles. The first-order valence-corrected chi connectivity index (χ1v) is 15.8. The number of carboxylic acid groups (broad SMARTS) is 1. The molecule has 14 nitrogen and oxygen atoms in total. The maximum Gasteiger partial charge on any atom is 0.410 e. The van der Waals surface area contributed by atoms with E-state index in [2.05, 4.69) is 10.2 Å². The summed E-state index contributed by atoms with van der Waals surface area (Å²) in [5, 5.41) is 55.4. The summed E-state index contributed by atoms with van der Waals surface area (Å²) in [5.41, 5.74) is -1.75. The highest BCUT2D eigenvalue weighted by Crippen LogP contribution is 2.37. The summed E-state index contributed by atoms with van der Waals surface area (Å²) in [6.07, 6.45) is -5.63. The molecule has 6 N–H and O–H groups in total. The molecule has 1 aromatic rings. The van der Waals surface area contributed by atoms with Crippen molar-refractivity contribution in [1.29, 1.82) is 0 Å². The van der Waals surface area contributed by atoms with Crippen LogP contribution in [0.25, 0.3) is 0 Å². The second-order valence-corrected chi connectivity index (χ2v) is 13.9. The van der Waals surface area contributed by atoms with Crippen LogP contribution in [-0.2, 0) is 19.0 Å². The van der Waals surface area contributed by atoms with Gasteiger partial charge in [0.1, 0.15) is 17.5 Å². The Balaban J connectivity index is 1.40. The molecule has 1 aromatic carbocycles. The molecule has 3 heterocycles. The van der Waals surface area contributed by atoms with E-state index in [0.717, 1.165) is 0 Å². The number of aliphatic hydroxyl groups is 3. The van der Waals surface area contributed by atoms with Gasteiger partial charge in [-0.3, -0.25) is 9.69 Å². The van der Waals surface area contributed by atoms with E-state index in [1.165, 1.54) is 12.1 Å². The fraction of sp³-hybridized carbons (Fsp3) is 0.719. The van der Waals surface area contributed by atoms with Crippen LogP contribution in [0.3, 0.4) is 0 Å². The second kappa shape index (κ2) is 14.0. The highest BCUT2D eigenvalue weighted by Gasteiger charge is 2.52. The van der Waals surface area contributed by atoms with Gasteiger partial charge in [-0.1, -0.05) is 0 Å². The first-order chi connectivity index (χ1) is 21.4. The Bertz CT molecular complexity index is 1260. The molecule has 0 aromatic heterocycles. The lowest BCUT2D eigenvalue weighted by molar-refractivity contribution is -0.222. The van der Waals surface area contributed by atoms with Crippen molar-refractivity contribution in [3.63, 3.8) is 0 Å². The largest absolute Gasteiger partial charge is 0.507 e. The highest BCUT2D eigenvalue weighted by molar-refractivity contribution is 5.94. The van der Waals surface area contributed by atoms with E-state index < -0.39 is 59.1 Å². The molecule has 258 valence electrons. The number of rotatable bonds is 9. The monoisotopic (exact) mass is 651 g/mol. The third-order valence-corrected chi connectivity index (χ3v) is 9.15. The lowest BCUT2D eigenvalue weighted by atomic mass is 9.84. The maximum absolute atomic E-state index is 12.8. The molecule has 0 unspecified atom stereocenters. The number of morpholine rings is 1. The molecule has 1 spiro atoms. The van der Waals surface area contributed by atoms with Crippen LogP contribution < -0.4 is 5.32 Å². The molecule has 46 heavy (non-hydrogen) atoms. The van der Waals surface area contributed by atoms with Gasteiger partial charge in [-0.25, -0.2) is 9.59 Å². The predicted molar refractivity (Wildman–Crippen MR) is 165 cm³/mol. The van der Waals surface area contributed by atoms with Gasteiger partial charge in [-0.2, -0.15) is 0 Å². The fourth-order valence-electron chi connectivity index (χ4n) is 6.63. The summed E-state index contributed by atoms with van der Waals surface area (Å²) >= 11 is 0. The van der Waals surface area contributed by atoms with Crippen LogP contribution in [0.1, 0.15) is 67.9 Å². The van der Waals surface area contributed by atoms with E-state index >= 15 is 0 Å². The minimum absolute atomic E-state index is 0.0246. The van der Waals surface area contributed by atoms with Crippen molar-refractivity contribution >= 4 is 18.0 Å². The Morgan fingerprint density at radius 2 is 1.83 bits per heavy atom. The molecular weight excluding hydrogens is 602 g/mol. The Labute approximate surface area is 269 Å². The second-order valence-electron chi connectivity index (χ2n) is 13.9. The first kappa shape index (κ1) is 35.8. The van der Waals surface area contributed by atoms with Gasteiger partial charge in [0.25, 0.3) is 5.91 Å². The number of ether oxygens (including phenoxy) is 3. The summed E-state index contributed by atoms with van der Waals surface area (Å²) in [5.74, 6) is -1.75. The fourth-order valence-corrected chi connectivity index (χ4v) is 6.63. The average molecular weight is 652 g/mol. The summed E-state index contributed by atoms with van der Waals surface area (Å²) in [4.78, 5) is 41.9. The van der Waals surface area contributed by atoms with Crippen molar-refractivity contribution in [2.45, 2.75) is 101 Å². The van der Waals surface area contributed by atoms with Crippen molar-refractivity contribution in [3.05, 3.63) is 28.8 Å². The Morgan fingerprint density at radius 3 is 2.46 bits per heavy atom. The number of phenols is 1. The van der Waals surface area contributed by atoms with E-state index in [0.29, 0.717) is 50.4 Å². The smallest absolute Gasteiger partial charge is 0.410 e. The van der Waals surface area contributed by atoms with Gasteiger partial charge in [0.15, 0.2) is 5.60 Å². The number of carbonyl (C=O) groups is 3. The summed E-state index contributed by atoms with van der Waals surface area (Å²) in [6, 6.07) is 3.00. The quantitative estimate of drug-likeness (QED) is 0.221. The van der Waals surface area contributed by atoms with E-state index in [-0.39, 0.29) is 43.7 Å².